The number of thioether (sulfide) groups is 1. The van der Waals surface area contributed by atoms with Gasteiger partial charge in [-0.05, 0) is 43.9 Å². The fourth-order valence-corrected chi connectivity index (χ4v) is 2.74. The van der Waals surface area contributed by atoms with E-state index in [1.165, 1.54) is 17.0 Å². The molecular formula is C14H22N2S. The summed E-state index contributed by atoms with van der Waals surface area (Å²) in [4.78, 5) is 3.86. The summed E-state index contributed by atoms with van der Waals surface area (Å²) in [6.07, 6.45) is 3.32. The van der Waals surface area contributed by atoms with Crippen molar-refractivity contribution in [3.63, 3.8) is 0 Å². The van der Waals surface area contributed by atoms with E-state index in [1.807, 2.05) is 0 Å². The van der Waals surface area contributed by atoms with Crippen molar-refractivity contribution in [1.82, 2.24) is 5.32 Å². The Labute approximate surface area is 109 Å². The van der Waals surface area contributed by atoms with Crippen molar-refractivity contribution in [2.24, 2.45) is 0 Å². The first-order valence-electron chi connectivity index (χ1n) is 6.38. The number of nitrogens with one attached hydrogen (secondary N) is 1. The Morgan fingerprint density at radius 1 is 1.35 bits per heavy atom. The van der Waals surface area contributed by atoms with Crippen molar-refractivity contribution < 1.29 is 0 Å². The second-order valence-corrected chi connectivity index (χ2v) is 5.59. The van der Waals surface area contributed by atoms with E-state index in [1.54, 1.807) is 11.8 Å². The van der Waals surface area contributed by atoms with E-state index in [4.69, 9.17) is 0 Å². The maximum Gasteiger partial charge on any atom is 0.0387 e. The van der Waals surface area contributed by atoms with Gasteiger partial charge in [-0.1, -0.05) is 6.92 Å². The summed E-state index contributed by atoms with van der Waals surface area (Å²) >= 11 is 1.80. The summed E-state index contributed by atoms with van der Waals surface area (Å²) < 4.78 is 0. The standard InChI is InChI=1S/C14H22N2S/c1-4-12-10-16(11(2)9-15-12)13-5-7-14(17-3)8-6-13/h5-8,11-12,15H,4,9-10H2,1-3H3. The lowest BCUT2D eigenvalue weighted by molar-refractivity contribution is 0.397. The molecule has 1 aliphatic rings. The second kappa shape index (κ2) is 5.78. The molecule has 1 heterocycles. The molecule has 1 saturated heterocycles. The number of nitrogens with zero attached hydrogens (tertiary/aromatic N) is 1. The summed E-state index contributed by atoms with van der Waals surface area (Å²) in [6, 6.07) is 10.1. The van der Waals surface area contributed by atoms with Crippen LogP contribution in [0.5, 0.6) is 0 Å². The van der Waals surface area contributed by atoms with E-state index >= 15 is 0 Å². The lowest BCUT2D eigenvalue weighted by Crippen LogP contribution is -2.55. The molecule has 0 aromatic heterocycles. The Bertz CT molecular complexity index is 350. The van der Waals surface area contributed by atoms with Crippen molar-refractivity contribution in [3.05, 3.63) is 24.3 Å². The first kappa shape index (κ1) is 12.8. The van der Waals surface area contributed by atoms with Gasteiger partial charge >= 0.3 is 0 Å². The third-order valence-electron chi connectivity index (χ3n) is 3.55. The van der Waals surface area contributed by atoms with Gasteiger partial charge < -0.3 is 10.2 Å². The fraction of sp³-hybridized carbons (Fsp3) is 0.571. The highest BCUT2D eigenvalue weighted by atomic mass is 32.2. The third-order valence-corrected chi connectivity index (χ3v) is 4.29. The molecule has 0 bridgehead atoms. The Kier molecular flexibility index (Phi) is 4.35. The van der Waals surface area contributed by atoms with Gasteiger partial charge in [0.2, 0.25) is 0 Å². The first-order chi connectivity index (χ1) is 8.24. The molecule has 1 aromatic carbocycles. The molecule has 1 fully saturated rings. The van der Waals surface area contributed by atoms with Crippen LogP contribution in [-0.2, 0) is 0 Å². The van der Waals surface area contributed by atoms with Crippen LogP contribution in [0.4, 0.5) is 5.69 Å². The van der Waals surface area contributed by atoms with Gasteiger partial charge in [0.05, 0.1) is 0 Å². The monoisotopic (exact) mass is 250 g/mol. The number of piperazine rings is 1. The summed E-state index contributed by atoms with van der Waals surface area (Å²) in [6.45, 7) is 6.75. The molecule has 0 amide bonds. The molecule has 0 saturated carbocycles. The van der Waals surface area contributed by atoms with E-state index < -0.39 is 0 Å². The molecule has 17 heavy (non-hydrogen) atoms. The van der Waals surface area contributed by atoms with E-state index in [9.17, 15) is 0 Å². The Hall–Kier alpha value is -0.670. The third kappa shape index (κ3) is 2.96. The molecule has 94 valence electrons. The lowest BCUT2D eigenvalue weighted by Gasteiger charge is -2.40. The first-order valence-corrected chi connectivity index (χ1v) is 7.61. The fourth-order valence-electron chi connectivity index (χ4n) is 2.34. The van der Waals surface area contributed by atoms with Crippen LogP contribution < -0.4 is 10.2 Å². The smallest absolute Gasteiger partial charge is 0.0387 e. The van der Waals surface area contributed by atoms with Gasteiger partial charge in [0.1, 0.15) is 0 Å². The van der Waals surface area contributed by atoms with Crippen LogP contribution >= 0.6 is 11.8 Å². The second-order valence-electron chi connectivity index (χ2n) is 4.71. The Morgan fingerprint density at radius 3 is 2.65 bits per heavy atom. The average Bonchev–Trinajstić information content (AvgIpc) is 2.39. The molecule has 1 aliphatic heterocycles. The number of rotatable bonds is 3. The highest BCUT2D eigenvalue weighted by Gasteiger charge is 2.23. The zero-order valence-electron chi connectivity index (χ0n) is 10.9. The van der Waals surface area contributed by atoms with Gasteiger partial charge in [0.15, 0.2) is 0 Å². The van der Waals surface area contributed by atoms with Gasteiger partial charge in [0, 0.05) is 35.8 Å². The maximum absolute atomic E-state index is 3.60. The summed E-state index contributed by atoms with van der Waals surface area (Å²) in [7, 11) is 0. The van der Waals surface area contributed by atoms with Gasteiger partial charge in [-0.25, -0.2) is 0 Å². The molecule has 2 unspecified atom stereocenters. The molecular weight excluding hydrogens is 228 g/mol. The van der Waals surface area contributed by atoms with Crippen LogP contribution in [0.15, 0.2) is 29.2 Å². The quantitative estimate of drug-likeness (QED) is 0.830. The van der Waals surface area contributed by atoms with E-state index in [0.717, 1.165) is 13.1 Å². The van der Waals surface area contributed by atoms with E-state index in [2.05, 4.69) is 54.6 Å². The largest absolute Gasteiger partial charge is 0.366 e. The van der Waals surface area contributed by atoms with Crippen molar-refractivity contribution in [2.45, 2.75) is 37.2 Å². The van der Waals surface area contributed by atoms with Crippen LogP contribution in [0, 0.1) is 0 Å². The number of anilines is 1. The van der Waals surface area contributed by atoms with E-state index in [-0.39, 0.29) is 0 Å². The van der Waals surface area contributed by atoms with Crippen molar-refractivity contribution in [1.29, 1.82) is 0 Å². The molecule has 0 radical (unpaired) electrons. The number of benzene rings is 1. The molecule has 0 spiro atoms. The molecule has 2 atom stereocenters. The van der Waals surface area contributed by atoms with Gasteiger partial charge in [-0.3, -0.25) is 0 Å². The van der Waals surface area contributed by atoms with Crippen LogP contribution in [0.1, 0.15) is 20.3 Å². The van der Waals surface area contributed by atoms with Gasteiger partial charge in [-0.15, -0.1) is 11.8 Å². The minimum atomic E-state index is 0.581. The molecule has 1 N–H and O–H groups in total. The summed E-state index contributed by atoms with van der Waals surface area (Å²) in [5.74, 6) is 0. The highest BCUT2D eigenvalue weighted by molar-refractivity contribution is 7.98. The lowest BCUT2D eigenvalue weighted by atomic mass is 10.1. The summed E-state index contributed by atoms with van der Waals surface area (Å²) in [5, 5.41) is 3.60. The summed E-state index contributed by atoms with van der Waals surface area (Å²) in [5.41, 5.74) is 1.36. The molecule has 0 aliphatic carbocycles. The topological polar surface area (TPSA) is 15.3 Å². The zero-order valence-corrected chi connectivity index (χ0v) is 11.8. The average molecular weight is 250 g/mol. The normalized spacial score (nSPS) is 25.0. The maximum atomic E-state index is 3.60. The predicted octanol–water partition coefficient (Wildman–Crippen LogP) is 2.99. The predicted molar refractivity (Wildman–Crippen MR) is 77.1 cm³/mol. The van der Waals surface area contributed by atoms with Crippen LogP contribution in [0.25, 0.3) is 0 Å². The van der Waals surface area contributed by atoms with E-state index in [0.29, 0.717) is 12.1 Å². The minimum Gasteiger partial charge on any atom is -0.366 e. The molecule has 3 heteroatoms. The van der Waals surface area contributed by atoms with Crippen LogP contribution in [0.2, 0.25) is 0 Å². The van der Waals surface area contributed by atoms with Gasteiger partial charge in [0.25, 0.3) is 0 Å². The Balaban J connectivity index is 2.12. The Morgan fingerprint density at radius 2 is 2.06 bits per heavy atom. The van der Waals surface area contributed by atoms with Crippen molar-refractivity contribution >= 4 is 17.4 Å². The van der Waals surface area contributed by atoms with Gasteiger partial charge in [-0.2, -0.15) is 0 Å². The number of hydrogen-bond acceptors (Lipinski definition) is 3. The molecule has 2 nitrogen and oxygen atoms in total. The molecule has 1 aromatic rings. The SMILES string of the molecule is CCC1CN(c2ccc(SC)cc2)C(C)CN1. The van der Waals surface area contributed by atoms with Crippen LogP contribution in [-0.4, -0.2) is 31.4 Å². The number of hydrogen-bond donors (Lipinski definition) is 1. The minimum absolute atomic E-state index is 0.581. The molecule has 2 rings (SSSR count). The zero-order chi connectivity index (χ0) is 12.3. The van der Waals surface area contributed by atoms with Crippen molar-refractivity contribution in [3.8, 4) is 0 Å². The van der Waals surface area contributed by atoms with Crippen molar-refractivity contribution in [2.75, 3.05) is 24.2 Å². The highest BCUT2D eigenvalue weighted by Crippen LogP contribution is 2.23. The van der Waals surface area contributed by atoms with Crippen LogP contribution in [0.3, 0.4) is 0 Å².